The van der Waals surface area contributed by atoms with Crippen molar-refractivity contribution in [2.75, 3.05) is 0 Å². The van der Waals surface area contributed by atoms with E-state index in [0.717, 1.165) is 12.0 Å². The first-order valence-electron chi connectivity index (χ1n) is 13.9. The molecule has 4 rings (SSSR count). The molecule has 6 N–H and O–H groups in total. The summed E-state index contributed by atoms with van der Waals surface area (Å²) in [5.41, 5.74) is -3.84. The number of hydrogen-bond acceptors (Lipinski definition) is 7. The van der Waals surface area contributed by atoms with Crippen LogP contribution in [0.1, 0.15) is 92.9 Å². The molecule has 0 unspecified atom stereocenters. The van der Waals surface area contributed by atoms with Gasteiger partial charge in [-0.15, -0.1) is 0 Å². The van der Waals surface area contributed by atoms with Gasteiger partial charge in [-0.2, -0.15) is 0 Å². The largest absolute Gasteiger partial charge is 0.393 e. The molecule has 4 aliphatic carbocycles. The number of carbonyl (C=O) groups is 1. The monoisotopic (exact) mass is 508 g/mol. The molecule has 7 nitrogen and oxygen atoms in total. The van der Waals surface area contributed by atoms with Crippen molar-refractivity contribution in [3.8, 4) is 0 Å². The van der Waals surface area contributed by atoms with E-state index in [1.54, 1.807) is 33.8 Å². The van der Waals surface area contributed by atoms with Gasteiger partial charge < -0.3 is 30.6 Å². The fourth-order valence-corrected chi connectivity index (χ4v) is 9.17. The van der Waals surface area contributed by atoms with Crippen molar-refractivity contribution in [1.29, 1.82) is 0 Å². The Morgan fingerprint density at radius 2 is 1.69 bits per heavy atom. The van der Waals surface area contributed by atoms with Crippen molar-refractivity contribution >= 4 is 5.78 Å². The highest BCUT2D eigenvalue weighted by Crippen LogP contribution is 2.68. The summed E-state index contributed by atoms with van der Waals surface area (Å²) in [6.07, 6.45) is 3.05. The third-order valence-corrected chi connectivity index (χ3v) is 11.3. The van der Waals surface area contributed by atoms with Crippen LogP contribution < -0.4 is 0 Å². The highest BCUT2D eigenvalue weighted by atomic mass is 16.3. The first kappa shape index (κ1) is 28.2. The maximum Gasteiger partial charge on any atom is 0.159 e. The molecule has 0 aromatic heterocycles. The summed E-state index contributed by atoms with van der Waals surface area (Å²) < 4.78 is 0. The van der Waals surface area contributed by atoms with E-state index in [9.17, 15) is 35.4 Å². The Hall–Kier alpha value is -0.830. The van der Waals surface area contributed by atoms with Crippen LogP contribution in [0.15, 0.2) is 11.6 Å². The van der Waals surface area contributed by atoms with Crippen molar-refractivity contribution in [1.82, 2.24) is 0 Å². The Labute approximate surface area is 215 Å². The number of allylic oxidation sites excluding steroid dienone is 1. The Kier molecular flexibility index (Phi) is 6.93. The number of ketones is 1. The van der Waals surface area contributed by atoms with Gasteiger partial charge in [-0.1, -0.05) is 13.8 Å². The minimum absolute atomic E-state index is 0.0565. The fraction of sp³-hybridized carbons (Fsp3) is 0.897. The molecule has 0 heterocycles. The summed E-state index contributed by atoms with van der Waals surface area (Å²) in [5.74, 6) is -1.10. The van der Waals surface area contributed by atoms with Crippen molar-refractivity contribution in [2.24, 2.45) is 34.5 Å². The number of aliphatic hydroxyl groups excluding tert-OH is 3. The Morgan fingerprint density at radius 3 is 2.28 bits per heavy atom. The predicted molar refractivity (Wildman–Crippen MR) is 136 cm³/mol. The van der Waals surface area contributed by atoms with E-state index in [4.69, 9.17) is 0 Å². The van der Waals surface area contributed by atoms with Crippen molar-refractivity contribution in [2.45, 2.75) is 128 Å². The minimum Gasteiger partial charge on any atom is -0.393 e. The average molecular weight is 509 g/mol. The molecule has 0 aromatic carbocycles. The van der Waals surface area contributed by atoms with Gasteiger partial charge in [0.2, 0.25) is 0 Å². The Bertz CT molecular complexity index is 904. The molecule has 4 aliphatic rings. The molecular formula is C29H48O7. The van der Waals surface area contributed by atoms with Gasteiger partial charge in [-0.25, -0.2) is 0 Å². The molecule has 0 spiro atoms. The highest BCUT2D eigenvalue weighted by molar-refractivity contribution is 5.95. The molecule has 3 saturated carbocycles. The van der Waals surface area contributed by atoms with Gasteiger partial charge in [-0.3, -0.25) is 4.79 Å². The third kappa shape index (κ3) is 4.13. The Morgan fingerprint density at radius 1 is 1.06 bits per heavy atom. The lowest BCUT2D eigenvalue weighted by Gasteiger charge is -2.60. The molecule has 36 heavy (non-hydrogen) atoms. The van der Waals surface area contributed by atoms with Crippen LogP contribution in [0.2, 0.25) is 0 Å². The average Bonchev–Trinajstić information content (AvgIpc) is 3.01. The molecule has 0 aromatic rings. The number of hydrogen-bond donors (Lipinski definition) is 6. The lowest BCUT2D eigenvalue weighted by molar-refractivity contribution is -0.161. The van der Waals surface area contributed by atoms with E-state index < -0.39 is 51.9 Å². The molecule has 0 radical (unpaired) electrons. The highest BCUT2D eigenvalue weighted by Gasteiger charge is 2.68. The van der Waals surface area contributed by atoms with E-state index in [2.05, 4.69) is 0 Å². The quantitative estimate of drug-likeness (QED) is 0.324. The predicted octanol–water partition coefficient (Wildman–Crippen LogP) is 2.49. The molecule has 3 fully saturated rings. The SMILES string of the molecule is C[C@H](O)[C@H](CC[C@](C)(O)[C@H]1CC[C@@]2(O)C3=CC(=O)[C@@H]4C[C@@H](O)[C@@H](O)C[C@]4(C)[C@H]3CC[C@]12C)C(C)(C)O. The van der Waals surface area contributed by atoms with Crippen LogP contribution >= 0.6 is 0 Å². The van der Waals surface area contributed by atoms with Gasteiger partial charge in [0.05, 0.1) is 35.1 Å². The van der Waals surface area contributed by atoms with Crippen LogP contribution in [0.4, 0.5) is 0 Å². The molecule has 0 amide bonds. The first-order chi connectivity index (χ1) is 16.4. The summed E-state index contributed by atoms with van der Waals surface area (Å²) in [6.45, 7) is 10.9. The summed E-state index contributed by atoms with van der Waals surface area (Å²) in [6, 6.07) is 0. The van der Waals surface area contributed by atoms with Crippen LogP contribution in [0.5, 0.6) is 0 Å². The van der Waals surface area contributed by atoms with Gasteiger partial charge in [0, 0.05) is 17.3 Å². The zero-order valence-electron chi connectivity index (χ0n) is 22.9. The van der Waals surface area contributed by atoms with Crippen LogP contribution in [0.25, 0.3) is 0 Å². The second-order valence-corrected chi connectivity index (χ2v) is 14.0. The topological polar surface area (TPSA) is 138 Å². The van der Waals surface area contributed by atoms with E-state index in [1.807, 2.05) is 13.8 Å². The normalized spacial score (nSPS) is 46.2. The van der Waals surface area contributed by atoms with Crippen LogP contribution in [0, 0.1) is 34.5 Å². The van der Waals surface area contributed by atoms with Gasteiger partial charge in [0.1, 0.15) is 0 Å². The summed E-state index contributed by atoms with van der Waals surface area (Å²) >= 11 is 0. The summed E-state index contributed by atoms with van der Waals surface area (Å²) in [5, 5.41) is 65.6. The van der Waals surface area contributed by atoms with Crippen LogP contribution in [0.3, 0.4) is 0 Å². The maximum atomic E-state index is 13.3. The maximum absolute atomic E-state index is 13.3. The van der Waals surface area contributed by atoms with Gasteiger partial charge in [-0.05, 0) is 108 Å². The Balaban J connectivity index is 1.63. The lowest BCUT2D eigenvalue weighted by atomic mass is 9.45. The molecule has 0 saturated heterocycles. The smallest absolute Gasteiger partial charge is 0.159 e. The van der Waals surface area contributed by atoms with E-state index in [-0.39, 0.29) is 30.0 Å². The molecular weight excluding hydrogens is 460 g/mol. The summed E-state index contributed by atoms with van der Waals surface area (Å²) in [7, 11) is 0. The second-order valence-electron chi connectivity index (χ2n) is 14.0. The zero-order valence-corrected chi connectivity index (χ0v) is 22.9. The number of fused-ring (bicyclic) bond motifs is 5. The van der Waals surface area contributed by atoms with Gasteiger partial charge in [0.25, 0.3) is 0 Å². The summed E-state index contributed by atoms with van der Waals surface area (Å²) in [4.78, 5) is 13.3. The van der Waals surface area contributed by atoms with E-state index in [1.165, 1.54) is 0 Å². The molecule has 0 aliphatic heterocycles. The van der Waals surface area contributed by atoms with E-state index >= 15 is 0 Å². The van der Waals surface area contributed by atoms with Crippen LogP contribution in [-0.2, 0) is 4.79 Å². The zero-order chi connectivity index (χ0) is 27.1. The molecule has 0 bridgehead atoms. The number of rotatable bonds is 6. The minimum atomic E-state index is -1.23. The van der Waals surface area contributed by atoms with Gasteiger partial charge >= 0.3 is 0 Å². The molecule has 7 heteroatoms. The standard InChI is InChI=1S/C29H48O7/c1-16(30)17(25(2,3)34)8-11-28(6,35)24-9-12-29(36)19-13-21(31)20-14-22(32)23(33)15-26(20,4)18(19)7-10-27(24,29)5/h13,16-18,20,22-24,30,32-36H,7-12,14-15H2,1-6H3/t16-,17-,18-,20-,22+,23-,24-,26+,27+,28-,29+/m0/s1. The molecule has 11 atom stereocenters. The van der Waals surface area contributed by atoms with Gasteiger partial charge in [0.15, 0.2) is 5.78 Å². The second kappa shape index (κ2) is 8.85. The third-order valence-electron chi connectivity index (χ3n) is 11.3. The van der Waals surface area contributed by atoms with E-state index in [0.29, 0.717) is 38.5 Å². The number of aliphatic hydroxyl groups is 6. The van der Waals surface area contributed by atoms with Crippen molar-refractivity contribution < 1.29 is 35.4 Å². The fourth-order valence-electron chi connectivity index (χ4n) is 9.17. The first-order valence-corrected chi connectivity index (χ1v) is 13.9. The van der Waals surface area contributed by atoms with Crippen molar-refractivity contribution in [3.63, 3.8) is 0 Å². The lowest BCUT2D eigenvalue weighted by Crippen LogP contribution is -2.61. The van der Waals surface area contributed by atoms with Crippen molar-refractivity contribution in [3.05, 3.63) is 11.6 Å². The van der Waals surface area contributed by atoms with Crippen LogP contribution in [-0.4, -0.2) is 71.5 Å². The molecule has 206 valence electrons. The number of carbonyl (C=O) groups excluding carboxylic acids is 1.